The minimum atomic E-state index is -0.841. The highest BCUT2D eigenvalue weighted by molar-refractivity contribution is 5.95. The van der Waals surface area contributed by atoms with E-state index in [4.69, 9.17) is 9.47 Å². The van der Waals surface area contributed by atoms with Gasteiger partial charge in [-0.1, -0.05) is 44.2 Å². The van der Waals surface area contributed by atoms with Crippen molar-refractivity contribution in [3.8, 4) is 5.75 Å². The summed E-state index contributed by atoms with van der Waals surface area (Å²) in [6.07, 6.45) is 0.985. The van der Waals surface area contributed by atoms with Crippen LogP contribution in [0.15, 0.2) is 60.8 Å². The first kappa shape index (κ1) is 18.7. The third-order valence-electron chi connectivity index (χ3n) is 4.45. The molecular weight excluding hydrogens is 342 g/mol. The summed E-state index contributed by atoms with van der Waals surface area (Å²) in [7, 11) is 1.59. The van der Waals surface area contributed by atoms with Crippen LogP contribution in [0.1, 0.15) is 24.2 Å². The zero-order chi connectivity index (χ0) is 19.4. The van der Waals surface area contributed by atoms with E-state index in [1.54, 1.807) is 30.0 Å². The van der Waals surface area contributed by atoms with E-state index in [9.17, 15) is 9.59 Å². The molecule has 1 unspecified atom stereocenters. The lowest BCUT2D eigenvalue weighted by atomic mass is 10.1. The molecule has 0 aliphatic heterocycles. The van der Waals surface area contributed by atoms with Gasteiger partial charge in [-0.15, -0.1) is 0 Å². The van der Waals surface area contributed by atoms with Gasteiger partial charge >= 0.3 is 5.97 Å². The lowest BCUT2D eigenvalue weighted by molar-refractivity contribution is -0.148. The Hall–Kier alpha value is -3.08. The first-order valence-corrected chi connectivity index (χ1v) is 8.92. The van der Waals surface area contributed by atoms with E-state index in [1.807, 2.05) is 56.3 Å². The van der Waals surface area contributed by atoms with Crippen molar-refractivity contribution in [3.63, 3.8) is 0 Å². The maximum Gasteiger partial charge on any atom is 0.311 e. The highest BCUT2D eigenvalue weighted by Gasteiger charge is 2.28. The third kappa shape index (κ3) is 4.19. The molecule has 1 heterocycles. The molecule has 0 bridgehead atoms. The molecule has 0 saturated carbocycles. The molecule has 2 aromatic carbocycles. The quantitative estimate of drug-likeness (QED) is 0.617. The highest BCUT2D eigenvalue weighted by Crippen LogP contribution is 2.19. The molecule has 27 heavy (non-hydrogen) atoms. The van der Waals surface area contributed by atoms with E-state index in [2.05, 4.69) is 0 Å². The molecule has 0 amide bonds. The number of methoxy groups -OCH3 is 1. The molecule has 0 N–H and O–H groups in total. The van der Waals surface area contributed by atoms with Gasteiger partial charge in [-0.25, -0.2) is 0 Å². The smallest absolute Gasteiger partial charge is 0.311 e. The van der Waals surface area contributed by atoms with Crippen molar-refractivity contribution in [1.29, 1.82) is 0 Å². The fourth-order valence-electron chi connectivity index (χ4n) is 2.98. The minimum Gasteiger partial charge on any atom is -0.497 e. The van der Waals surface area contributed by atoms with Crippen molar-refractivity contribution in [2.45, 2.75) is 26.4 Å². The van der Waals surface area contributed by atoms with Crippen LogP contribution in [0.25, 0.3) is 10.9 Å². The molecule has 5 nitrogen and oxygen atoms in total. The van der Waals surface area contributed by atoms with Gasteiger partial charge in [-0.3, -0.25) is 14.2 Å². The van der Waals surface area contributed by atoms with Crippen molar-refractivity contribution >= 4 is 22.8 Å². The molecule has 5 heteroatoms. The van der Waals surface area contributed by atoms with Gasteiger partial charge in [-0.05, 0) is 35.7 Å². The Bertz CT molecular complexity index is 940. The number of carbonyl (C=O) groups excluding carboxylic acids is 2. The van der Waals surface area contributed by atoms with E-state index in [0.717, 1.165) is 22.2 Å². The van der Waals surface area contributed by atoms with Crippen molar-refractivity contribution < 1.29 is 19.1 Å². The molecular formula is C22H23NO4. The van der Waals surface area contributed by atoms with Crippen LogP contribution in [-0.2, 0) is 16.0 Å². The summed E-state index contributed by atoms with van der Waals surface area (Å²) in [6, 6.07) is 16.7. The molecule has 1 atom stereocenters. The zero-order valence-electron chi connectivity index (χ0n) is 15.7. The van der Waals surface area contributed by atoms with Crippen LogP contribution in [0, 0.1) is 5.92 Å². The number of carbonyl (C=O) groups is 2. The first-order valence-electron chi connectivity index (χ1n) is 8.92. The summed E-state index contributed by atoms with van der Waals surface area (Å²) in [5.41, 5.74) is 1.61. The number of para-hydroxylation sites is 1. The topological polar surface area (TPSA) is 57.5 Å². The standard InChI is InChI=1S/C22H23NO4/c1-15(2)21(22(25)23-13-12-17-6-4-5-7-19(17)23)27-20(24)14-16-8-10-18(26-3)11-9-16/h4-13,15,21H,14H2,1-3H3. The fourth-order valence-corrected chi connectivity index (χ4v) is 2.98. The number of fused-ring (bicyclic) bond motifs is 1. The summed E-state index contributed by atoms with van der Waals surface area (Å²) < 4.78 is 12.2. The van der Waals surface area contributed by atoms with E-state index in [0.29, 0.717) is 0 Å². The van der Waals surface area contributed by atoms with E-state index >= 15 is 0 Å². The molecule has 0 aliphatic carbocycles. The summed E-state index contributed by atoms with van der Waals surface area (Å²) >= 11 is 0. The van der Waals surface area contributed by atoms with Gasteiger partial charge in [0.05, 0.1) is 19.0 Å². The average molecular weight is 365 g/mol. The first-order chi connectivity index (χ1) is 13.0. The summed E-state index contributed by atoms with van der Waals surface area (Å²) in [6.45, 7) is 3.74. The van der Waals surface area contributed by atoms with Crippen molar-refractivity contribution in [1.82, 2.24) is 4.57 Å². The highest BCUT2D eigenvalue weighted by atomic mass is 16.5. The van der Waals surface area contributed by atoms with Crippen LogP contribution in [0.5, 0.6) is 5.75 Å². The predicted molar refractivity (Wildman–Crippen MR) is 104 cm³/mol. The number of aromatic nitrogens is 1. The molecule has 3 rings (SSSR count). The van der Waals surface area contributed by atoms with Gasteiger partial charge in [0.1, 0.15) is 5.75 Å². The maximum absolute atomic E-state index is 13.0. The van der Waals surface area contributed by atoms with Gasteiger partial charge in [0.2, 0.25) is 0 Å². The van der Waals surface area contributed by atoms with Gasteiger partial charge in [-0.2, -0.15) is 0 Å². The molecule has 0 saturated heterocycles. The van der Waals surface area contributed by atoms with Crippen LogP contribution in [0.3, 0.4) is 0 Å². The zero-order valence-corrected chi connectivity index (χ0v) is 15.7. The van der Waals surface area contributed by atoms with Crippen LogP contribution in [0.4, 0.5) is 0 Å². The van der Waals surface area contributed by atoms with Gasteiger partial charge < -0.3 is 9.47 Å². The second kappa shape index (κ2) is 8.08. The lowest BCUT2D eigenvalue weighted by Crippen LogP contribution is -2.36. The van der Waals surface area contributed by atoms with Crippen molar-refractivity contribution in [2.75, 3.05) is 7.11 Å². The lowest BCUT2D eigenvalue weighted by Gasteiger charge is -2.21. The van der Waals surface area contributed by atoms with Gasteiger partial charge in [0.15, 0.2) is 6.10 Å². The number of hydrogen-bond donors (Lipinski definition) is 0. The molecule has 0 spiro atoms. The number of nitrogens with zero attached hydrogens (tertiary/aromatic N) is 1. The van der Waals surface area contributed by atoms with E-state index < -0.39 is 12.1 Å². The molecule has 3 aromatic rings. The fraction of sp³-hybridized carbons (Fsp3) is 0.273. The number of esters is 1. The number of rotatable bonds is 6. The van der Waals surface area contributed by atoms with Crippen LogP contribution in [-0.4, -0.2) is 29.7 Å². The average Bonchev–Trinajstić information content (AvgIpc) is 3.10. The molecule has 0 aliphatic rings. The monoisotopic (exact) mass is 365 g/mol. The van der Waals surface area contributed by atoms with E-state index in [-0.39, 0.29) is 18.2 Å². The van der Waals surface area contributed by atoms with Crippen molar-refractivity contribution in [3.05, 3.63) is 66.4 Å². The predicted octanol–water partition coefficient (Wildman–Crippen LogP) is 4.10. The molecule has 140 valence electrons. The number of ether oxygens (including phenoxy) is 2. The SMILES string of the molecule is COc1ccc(CC(=O)OC(C(=O)n2ccc3ccccc32)C(C)C)cc1. The Balaban J connectivity index is 1.74. The largest absolute Gasteiger partial charge is 0.497 e. The number of hydrogen-bond acceptors (Lipinski definition) is 4. The molecule has 0 radical (unpaired) electrons. The van der Waals surface area contributed by atoms with Gasteiger partial charge in [0, 0.05) is 11.6 Å². The summed E-state index contributed by atoms with van der Waals surface area (Å²) in [5.74, 6) is -0.0849. The Morgan fingerprint density at radius 3 is 2.37 bits per heavy atom. The third-order valence-corrected chi connectivity index (χ3v) is 4.45. The van der Waals surface area contributed by atoms with Crippen LogP contribution >= 0.6 is 0 Å². The van der Waals surface area contributed by atoms with Crippen molar-refractivity contribution in [2.24, 2.45) is 5.92 Å². The Kier molecular flexibility index (Phi) is 5.60. The second-order valence-electron chi connectivity index (χ2n) is 6.76. The number of benzene rings is 2. The van der Waals surface area contributed by atoms with Gasteiger partial charge in [0.25, 0.3) is 5.91 Å². The summed E-state index contributed by atoms with van der Waals surface area (Å²) in [5, 5.41) is 0.970. The summed E-state index contributed by atoms with van der Waals surface area (Å²) in [4.78, 5) is 25.4. The van der Waals surface area contributed by atoms with Crippen LogP contribution in [0.2, 0.25) is 0 Å². The minimum absolute atomic E-state index is 0.104. The Morgan fingerprint density at radius 1 is 1.00 bits per heavy atom. The normalized spacial score (nSPS) is 12.1. The van der Waals surface area contributed by atoms with E-state index in [1.165, 1.54) is 0 Å². The maximum atomic E-state index is 13.0. The Labute approximate surface area is 158 Å². The molecule has 0 fully saturated rings. The molecule has 1 aromatic heterocycles. The second-order valence-corrected chi connectivity index (χ2v) is 6.76. The van der Waals surface area contributed by atoms with Crippen LogP contribution < -0.4 is 4.74 Å². The Morgan fingerprint density at radius 2 is 1.70 bits per heavy atom.